The summed E-state index contributed by atoms with van der Waals surface area (Å²) in [5.41, 5.74) is 5.34. The van der Waals surface area contributed by atoms with Crippen LogP contribution in [0.1, 0.15) is 37.4 Å². The first kappa shape index (κ1) is 14.3. The number of hydrogen-bond donors (Lipinski definition) is 1. The maximum absolute atomic E-state index is 12.4. The Hall–Kier alpha value is -0.810. The molecule has 1 heterocycles. The predicted octanol–water partition coefficient (Wildman–Crippen LogP) is 3.59. The van der Waals surface area contributed by atoms with E-state index in [0.717, 1.165) is 12.3 Å². The number of rotatable bonds is 3. The van der Waals surface area contributed by atoms with Gasteiger partial charge in [0, 0.05) is 18.2 Å². The Balaban J connectivity index is 3.13. The summed E-state index contributed by atoms with van der Waals surface area (Å²) >= 11 is 5.83. The van der Waals surface area contributed by atoms with Crippen LogP contribution in [0.4, 0.5) is 13.2 Å². The van der Waals surface area contributed by atoms with Gasteiger partial charge in [-0.3, -0.25) is 4.98 Å². The highest BCUT2D eigenvalue weighted by molar-refractivity contribution is 6.31. The number of nitrogens with zero attached hydrogens (tertiary/aromatic N) is 1. The number of halogens is 4. The van der Waals surface area contributed by atoms with Gasteiger partial charge in [-0.15, -0.1) is 0 Å². The lowest BCUT2D eigenvalue weighted by Gasteiger charge is -2.20. The number of aromatic nitrogens is 1. The van der Waals surface area contributed by atoms with Gasteiger partial charge in [0.15, 0.2) is 0 Å². The molecule has 0 amide bonds. The zero-order valence-corrected chi connectivity index (χ0v) is 10.3. The molecule has 1 aromatic rings. The van der Waals surface area contributed by atoms with E-state index in [-0.39, 0.29) is 17.0 Å². The topological polar surface area (TPSA) is 38.9 Å². The Morgan fingerprint density at radius 1 is 1.47 bits per heavy atom. The SMILES string of the molecule is CCC(c1ncc(C(F)(F)F)cc1Cl)C(C)N. The molecular weight excluding hydrogens is 253 g/mol. The number of nitrogens with two attached hydrogens (primary N) is 1. The molecule has 0 fully saturated rings. The molecule has 0 saturated carbocycles. The van der Waals surface area contributed by atoms with Gasteiger partial charge in [0.05, 0.1) is 16.3 Å². The van der Waals surface area contributed by atoms with E-state index in [1.165, 1.54) is 0 Å². The van der Waals surface area contributed by atoms with Crippen molar-refractivity contribution in [2.24, 2.45) is 5.73 Å². The minimum atomic E-state index is -4.43. The Bertz CT molecular complexity index is 391. The molecule has 2 atom stereocenters. The van der Waals surface area contributed by atoms with Crippen molar-refractivity contribution in [3.63, 3.8) is 0 Å². The third-order valence-electron chi connectivity index (χ3n) is 2.62. The molecule has 2 unspecified atom stereocenters. The second kappa shape index (κ2) is 5.23. The molecule has 0 aliphatic carbocycles. The van der Waals surface area contributed by atoms with Gasteiger partial charge in [0.25, 0.3) is 0 Å². The quantitative estimate of drug-likeness (QED) is 0.908. The van der Waals surface area contributed by atoms with E-state index in [9.17, 15) is 13.2 Å². The fourth-order valence-electron chi connectivity index (χ4n) is 1.69. The first-order chi connectivity index (χ1) is 7.77. The first-order valence-electron chi connectivity index (χ1n) is 5.25. The molecule has 2 nitrogen and oxygen atoms in total. The average molecular weight is 267 g/mol. The molecule has 0 aromatic carbocycles. The van der Waals surface area contributed by atoms with Gasteiger partial charge < -0.3 is 5.73 Å². The fraction of sp³-hybridized carbons (Fsp3) is 0.545. The summed E-state index contributed by atoms with van der Waals surface area (Å²) in [6.45, 7) is 3.67. The molecule has 0 saturated heterocycles. The maximum Gasteiger partial charge on any atom is 0.417 e. The Kier molecular flexibility index (Phi) is 4.38. The molecule has 1 aromatic heterocycles. The van der Waals surface area contributed by atoms with Crippen molar-refractivity contribution in [1.29, 1.82) is 0 Å². The van der Waals surface area contributed by atoms with Crippen LogP contribution in [0, 0.1) is 0 Å². The van der Waals surface area contributed by atoms with E-state index in [0.29, 0.717) is 12.1 Å². The number of alkyl halides is 3. The summed E-state index contributed by atoms with van der Waals surface area (Å²) in [5.74, 6) is -0.134. The zero-order valence-electron chi connectivity index (χ0n) is 9.55. The van der Waals surface area contributed by atoms with Crippen molar-refractivity contribution in [2.75, 3.05) is 0 Å². The van der Waals surface area contributed by atoms with E-state index in [4.69, 9.17) is 17.3 Å². The Morgan fingerprint density at radius 3 is 2.41 bits per heavy atom. The zero-order chi connectivity index (χ0) is 13.2. The van der Waals surface area contributed by atoms with Crippen LogP contribution in [0.5, 0.6) is 0 Å². The van der Waals surface area contributed by atoms with E-state index in [2.05, 4.69) is 4.98 Å². The van der Waals surface area contributed by atoms with Crippen molar-refractivity contribution in [2.45, 2.75) is 38.4 Å². The van der Waals surface area contributed by atoms with Crippen LogP contribution in [0.2, 0.25) is 5.02 Å². The summed E-state index contributed by atoms with van der Waals surface area (Å²) in [6.07, 6.45) is -2.95. The van der Waals surface area contributed by atoms with Gasteiger partial charge in [0.2, 0.25) is 0 Å². The fourth-order valence-corrected chi connectivity index (χ4v) is 2.00. The molecule has 0 spiro atoms. The van der Waals surface area contributed by atoms with Crippen LogP contribution < -0.4 is 5.73 Å². The van der Waals surface area contributed by atoms with E-state index in [1.807, 2.05) is 6.92 Å². The van der Waals surface area contributed by atoms with Gasteiger partial charge in [-0.05, 0) is 19.4 Å². The van der Waals surface area contributed by atoms with Crippen LogP contribution in [0.25, 0.3) is 0 Å². The highest BCUT2D eigenvalue weighted by Gasteiger charge is 2.32. The minimum Gasteiger partial charge on any atom is -0.327 e. The Morgan fingerprint density at radius 2 is 2.06 bits per heavy atom. The normalized spacial score (nSPS) is 15.7. The molecule has 1 rings (SSSR count). The largest absolute Gasteiger partial charge is 0.417 e. The summed E-state index contributed by atoms with van der Waals surface area (Å²) < 4.78 is 37.3. The minimum absolute atomic E-state index is 0.0176. The summed E-state index contributed by atoms with van der Waals surface area (Å²) in [4.78, 5) is 3.81. The summed E-state index contributed by atoms with van der Waals surface area (Å²) in [7, 11) is 0. The van der Waals surface area contributed by atoms with Gasteiger partial charge in [0.1, 0.15) is 0 Å². The monoisotopic (exact) mass is 266 g/mol. The van der Waals surface area contributed by atoms with Crippen LogP contribution in [0.15, 0.2) is 12.3 Å². The molecule has 0 aliphatic rings. The smallest absolute Gasteiger partial charge is 0.327 e. The van der Waals surface area contributed by atoms with Crippen LogP contribution in [-0.4, -0.2) is 11.0 Å². The average Bonchev–Trinajstić information content (AvgIpc) is 2.19. The lowest BCUT2D eigenvalue weighted by Crippen LogP contribution is -2.25. The van der Waals surface area contributed by atoms with Gasteiger partial charge in [-0.1, -0.05) is 18.5 Å². The maximum atomic E-state index is 12.4. The second-order valence-electron chi connectivity index (χ2n) is 3.96. The standard InChI is InChI=1S/C11H14ClF3N2/c1-3-8(6(2)16)10-9(12)4-7(5-17-10)11(13,14)15/h4-6,8H,3,16H2,1-2H3. The lowest BCUT2D eigenvalue weighted by molar-refractivity contribution is -0.137. The predicted molar refractivity (Wildman–Crippen MR) is 60.9 cm³/mol. The van der Waals surface area contributed by atoms with Crippen molar-refractivity contribution < 1.29 is 13.2 Å². The lowest BCUT2D eigenvalue weighted by atomic mass is 9.94. The number of pyridine rings is 1. The second-order valence-corrected chi connectivity index (χ2v) is 4.37. The molecule has 0 radical (unpaired) electrons. The van der Waals surface area contributed by atoms with Crippen molar-refractivity contribution in [1.82, 2.24) is 4.98 Å². The van der Waals surface area contributed by atoms with Crippen molar-refractivity contribution >= 4 is 11.6 Å². The highest BCUT2D eigenvalue weighted by Crippen LogP contribution is 2.34. The molecular formula is C11H14ClF3N2. The molecule has 96 valence electrons. The van der Waals surface area contributed by atoms with Crippen LogP contribution >= 0.6 is 11.6 Å². The third-order valence-corrected chi connectivity index (χ3v) is 2.93. The first-order valence-corrected chi connectivity index (χ1v) is 5.63. The molecule has 2 N–H and O–H groups in total. The molecule has 0 bridgehead atoms. The van der Waals surface area contributed by atoms with Crippen LogP contribution in [-0.2, 0) is 6.18 Å². The van der Waals surface area contributed by atoms with Gasteiger partial charge >= 0.3 is 6.18 Å². The van der Waals surface area contributed by atoms with Crippen LogP contribution in [0.3, 0.4) is 0 Å². The van der Waals surface area contributed by atoms with E-state index < -0.39 is 11.7 Å². The number of hydrogen-bond acceptors (Lipinski definition) is 2. The van der Waals surface area contributed by atoms with Gasteiger partial charge in [-0.2, -0.15) is 13.2 Å². The van der Waals surface area contributed by atoms with E-state index >= 15 is 0 Å². The van der Waals surface area contributed by atoms with Crippen molar-refractivity contribution in [3.8, 4) is 0 Å². The Labute approximate surface area is 103 Å². The van der Waals surface area contributed by atoms with E-state index in [1.54, 1.807) is 6.92 Å². The highest BCUT2D eigenvalue weighted by atomic mass is 35.5. The summed E-state index contributed by atoms with van der Waals surface area (Å²) in [5, 5.41) is 0.0176. The molecule has 0 aliphatic heterocycles. The van der Waals surface area contributed by atoms with Gasteiger partial charge in [-0.25, -0.2) is 0 Å². The van der Waals surface area contributed by atoms with Crippen molar-refractivity contribution in [3.05, 3.63) is 28.5 Å². The third kappa shape index (κ3) is 3.33. The molecule has 6 heteroatoms. The molecule has 17 heavy (non-hydrogen) atoms. The summed E-state index contributed by atoms with van der Waals surface area (Å²) in [6, 6.07) is 0.691.